The number of H-pyrrole nitrogens is 1. The van der Waals surface area contributed by atoms with Gasteiger partial charge < -0.3 is 4.98 Å². The fourth-order valence-electron chi connectivity index (χ4n) is 1.34. The maximum Gasteiger partial charge on any atom is 0.264 e. The number of aromatic nitrogens is 2. The van der Waals surface area contributed by atoms with Gasteiger partial charge in [-0.15, -0.1) is 0 Å². The van der Waals surface area contributed by atoms with Gasteiger partial charge in [-0.25, -0.2) is 4.98 Å². The second kappa shape index (κ2) is 7.32. The minimum Gasteiger partial charge on any atom is -0.309 e. The average molecular weight is 352 g/mol. The number of thioether (sulfide) groups is 1. The second-order valence-electron chi connectivity index (χ2n) is 3.58. The van der Waals surface area contributed by atoms with Crippen molar-refractivity contribution in [1.82, 2.24) is 9.97 Å². The molecule has 1 aromatic heterocycles. The van der Waals surface area contributed by atoms with Crippen molar-refractivity contribution in [2.24, 2.45) is 0 Å². The summed E-state index contributed by atoms with van der Waals surface area (Å²) in [5.74, 6) is 2.72. The van der Waals surface area contributed by atoms with Gasteiger partial charge in [-0.3, -0.25) is 4.79 Å². The summed E-state index contributed by atoms with van der Waals surface area (Å²) in [5, 5.41) is 0. The maximum absolute atomic E-state index is 11.7. The third-order valence-electron chi connectivity index (χ3n) is 2.05. The summed E-state index contributed by atoms with van der Waals surface area (Å²) in [4.78, 5) is 19.0. The molecule has 0 aromatic carbocycles. The van der Waals surface area contributed by atoms with E-state index in [4.69, 9.17) is 0 Å². The molecule has 0 bridgehead atoms. The third kappa shape index (κ3) is 4.08. The minimum atomic E-state index is 0.00569. The van der Waals surface area contributed by atoms with Crippen LogP contribution in [0.2, 0.25) is 0 Å². The van der Waals surface area contributed by atoms with Crippen molar-refractivity contribution in [3.8, 4) is 0 Å². The molecule has 1 heterocycles. The number of rotatable bonds is 6. The zero-order valence-corrected chi connectivity index (χ0v) is 12.7. The summed E-state index contributed by atoms with van der Waals surface area (Å²) in [7, 11) is 0. The van der Waals surface area contributed by atoms with Gasteiger partial charge in [0.2, 0.25) is 0 Å². The van der Waals surface area contributed by atoms with Gasteiger partial charge in [0, 0.05) is 0 Å². The van der Waals surface area contributed by atoms with Gasteiger partial charge in [-0.05, 0) is 41.2 Å². The Balaban J connectivity index is 2.82. The van der Waals surface area contributed by atoms with Gasteiger partial charge in [-0.2, -0.15) is 11.8 Å². The van der Waals surface area contributed by atoms with Crippen LogP contribution in [0.3, 0.4) is 0 Å². The Labute approximate surface area is 114 Å². The monoisotopic (exact) mass is 352 g/mol. The van der Waals surface area contributed by atoms with Crippen molar-refractivity contribution in [3.63, 3.8) is 0 Å². The Morgan fingerprint density at radius 3 is 2.75 bits per heavy atom. The van der Waals surface area contributed by atoms with Crippen LogP contribution in [-0.4, -0.2) is 15.7 Å². The van der Waals surface area contributed by atoms with Crippen LogP contribution < -0.4 is 5.56 Å². The summed E-state index contributed by atoms with van der Waals surface area (Å²) in [6.45, 7) is 4.25. The van der Waals surface area contributed by atoms with E-state index in [1.807, 2.05) is 11.8 Å². The van der Waals surface area contributed by atoms with Crippen molar-refractivity contribution in [2.75, 3.05) is 5.75 Å². The van der Waals surface area contributed by atoms with Gasteiger partial charge in [0.25, 0.3) is 5.56 Å². The first-order valence-corrected chi connectivity index (χ1v) is 7.77. The molecule has 0 aliphatic heterocycles. The van der Waals surface area contributed by atoms with E-state index in [9.17, 15) is 4.79 Å². The predicted molar refractivity (Wildman–Crippen MR) is 78.0 cm³/mol. The number of aromatic amines is 1. The summed E-state index contributed by atoms with van der Waals surface area (Å²) >= 11 is 3.89. The molecule has 0 spiro atoms. The van der Waals surface area contributed by atoms with Crippen LogP contribution in [-0.2, 0) is 12.2 Å². The third-order valence-corrected chi connectivity index (χ3v) is 4.34. The lowest BCUT2D eigenvalue weighted by molar-refractivity contribution is 0.834. The fourth-order valence-corrected chi connectivity index (χ4v) is 2.63. The van der Waals surface area contributed by atoms with Gasteiger partial charge >= 0.3 is 0 Å². The number of halogens is 1. The number of nitrogens with zero attached hydrogens (tertiary/aromatic N) is 1. The number of hydrogen-bond acceptors (Lipinski definition) is 3. The summed E-state index contributed by atoms with van der Waals surface area (Å²) < 4.78 is 0.740. The van der Waals surface area contributed by atoms with Crippen LogP contribution in [0.4, 0.5) is 0 Å². The first-order valence-electron chi connectivity index (χ1n) is 5.54. The standard InChI is InChI=1S/C11H17IN2OS/c1-3-5-8-10(12)11(15)14-9(13-8)7-16-6-4-2/h3-7H2,1-2H3,(H,13,14,15). The van der Waals surface area contributed by atoms with Crippen LogP contribution >= 0.6 is 34.4 Å². The maximum atomic E-state index is 11.7. The molecule has 0 saturated carbocycles. The van der Waals surface area contributed by atoms with Crippen LogP contribution in [0.1, 0.15) is 38.2 Å². The molecule has 90 valence electrons. The van der Waals surface area contributed by atoms with Gasteiger partial charge in [0.15, 0.2) is 0 Å². The zero-order chi connectivity index (χ0) is 12.0. The molecule has 0 radical (unpaired) electrons. The summed E-state index contributed by atoms with van der Waals surface area (Å²) in [6.07, 6.45) is 3.06. The van der Waals surface area contributed by atoms with Crippen molar-refractivity contribution >= 4 is 34.4 Å². The second-order valence-corrected chi connectivity index (χ2v) is 5.76. The van der Waals surface area contributed by atoms with Crippen molar-refractivity contribution < 1.29 is 0 Å². The molecule has 1 aromatic rings. The Kier molecular flexibility index (Phi) is 6.41. The Morgan fingerprint density at radius 2 is 2.12 bits per heavy atom. The zero-order valence-electron chi connectivity index (χ0n) is 9.68. The van der Waals surface area contributed by atoms with E-state index < -0.39 is 0 Å². The number of hydrogen-bond donors (Lipinski definition) is 1. The summed E-state index contributed by atoms with van der Waals surface area (Å²) in [5.41, 5.74) is 0.949. The molecule has 0 aliphatic rings. The molecule has 0 atom stereocenters. The molecule has 0 saturated heterocycles. The molecule has 3 nitrogen and oxygen atoms in total. The van der Waals surface area contributed by atoms with E-state index in [0.29, 0.717) is 0 Å². The first-order chi connectivity index (χ1) is 7.69. The molecule has 0 aliphatic carbocycles. The van der Waals surface area contributed by atoms with E-state index >= 15 is 0 Å². The van der Waals surface area contributed by atoms with E-state index in [1.165, 1.54) is 0 Å². The Bertz CT molecular complexity index is 392. The largest absolute Gasteiger partial charge is 0.309 e. The Hall–Kier alpha value is -0.0400. The van der Waals surface area contributed by atoms with E-state index in [0.717, 1.165) is 45.9 Å². The molecule has 1 rings (SSSR count). The predicted octanol–water partition coefficient (Wildman–Crippen LogP) is 2.97. The van der Waals surface area contributed by atoms with Crippen LogP contribution in [0.15, 0.2) is 4.79 Å². The Morgan fingerprint density at radius 1 is 1.38 bits per heavy atom. The molecule has 16 heavy (non-hydrogen) atoms. The highest BCUT2D eigenvalue weighted by Crippen LogP contribution is 2.12. The molecular formula is C11H17IN2OS. The molecule has 0 fully saturated rings. The van der Waals surface area contributed by atoms with Crippen molar-refractivity contribution in [2.45, 2.75) is 38.9 Å². The van der Waals surface area contributed by atoms with Crippen LogP contribution in [0.25, 0.3) is 0 Å². The number of nitrogens with one attached hydrogen (secondary N) is 1. The lowest BCUT2D eigenvalue weighted by Crippen LogP contribution is -2.17. The molecule has 0 amide bonds. The quantitative estimate of drug-likeness (QED) is 0.633. The molecule has 5 heteroatoms. The van der Waals surface area contributed by atoms with Crippen LogP contribution in [0.5, 0.6) is 0 Å². The first kappa shape index (κ1) is 14.0. The van der Waals surface area contributed by atoms with Crippen molar-refractivity contribution in [1.29, 1.82) is 0 Å². The van der Waals surface area contributed by atoms with Crippen LogP contribution in [0, 0.1) is 3.57 Å². The fraction of sp³-hybridized carbons (Fsp3) is 0.636. The van der Waals surface area contributed by atoms with Gasteiger partial charge in [-0.1, -0.05) is 20.3 Å². The van der Waals surface area contributed by atoms with Crippen molar-refractivity contribution in [3.05, 3.63) is 25.4 Å². The van der Waals surface area contributed by atoms with Gasteiger partial charge in [0.1, 0.15) is 5.82 Å². The average Bonchev–Trinajstić information content (AvgIpc) is 2.26. The van der Waals surface area contributed by atoms with Gasteiger partial charge in [0.05, 0.1) is 15.0 Å². The topological polar surface area (TPSA) is 45.8 Å². The van der Waals surface area contributed by atoms with E-state index in [2.05, 4.69) is 46.4 Å². The smallest absolute Gasteiger partial charge is 0.264 e. The SMILES string of the molecule is CCCSCc1nc(CCC)c(I)c(=O)[nH]1. The molecule has 1 N–H and O–H groups in total. The van der Waals surface area contributed by atoms with E-state index in [1.54, 1.807) is 0 Å². The summed E-state index contributed by atoms with van der Waals surface area (Å²) in [6, 6.07) is 0. The molecular weight excluding hydrogens is 335 g/mol. The minimum absolute atomic E-state index is 0.00569. The normalized spacial score (nSPS) is 10.7. The lowest BCUT2D eigenvalue weighted by atomic mass is 10.2. The highest BCUT2D eigenvalue weighted by molar-refractivity contribution is 14.1. The highest BCUT2D eigenvalue weighted by atomic mass is 127. The lowest BCUT2D eigenvalue weighted by Gasteiger charge is -2.05. The molecule has 0 unspecified atom stereocenters. The van der Waals surface area contributed by atoms with E-state index in [-0.39, 0.29) is 5.56 Å². The highest BCUT2D eigenvalue weighted by Gasteiger charge is 2.07. The number of aryl methyl sites for hydroxylation is 1.